The van der Waals surface area contributed by atoms with Gasteiger partial charge < -0.3 is 5.32 Å². The van der Waals surface area contributed by atoms with E-state index < -0.39 is 5.82 Å². The van der Waals surface area contributed by atoms with Crippen LogP contribution in [0, 0.1) is 5.82 Å². The third-order valence-electron chi connectivity index (χ3n) is 2.05. The summed E-state index contributed by atoms with van der Waals surface area (Å²) in [5.41, 5.74) is 0.279. The van der Waals surface area contributed by atoms with Crippen LogP contribution < -0.4 is 5.32 Å². The van der Waals surface area contributed by atoms with E-state index in [0.29, 0.717) is 21.2 Å². The van der Waals surface area contributed by atoms with Gasteiger partial charge in [-0.25, -0.2) is 14.4 Å². The number of rotatable bonds is 3. The van der Waals surface area contributed by atoms with Gasteiger partial charge in [-0.3, -0.25) is 0 Å². The number of halogens is 3. The van der Waals surface area contributed by atoms with Crippen molar-refractivity contribution < 1.29 is 4.39 Å². The standard InChI is InChI=1S/C11H8Cl2FN3S/c1-18-11-16-9(13)5-10(17-11)15-8-3-2-6(12)4-7(8)14/h2-5H,1H3,(H,15,16,17). The second-order valence-electron chi connectivity index (χ2n) is 3.31. The van der Waals surface area contributed by atoms with Crippen LogP contribution in [0.2, 0.25) is 10.2 Å². The highest BCUT2D eigenvalue weighted by Crippen LogP contribution is 2.24. The summed E-state index contributed by atoms with van der Waals surface area (Å²) in [6.07, 6.45) is 1.83. The van der Waals surface area contributed by atoms with E-state index in [1.807, 2.05) is 6.26 Å². The molecule has 0 saturated heterocycles. The molecule has 0 aliphatic rings. The molecule has 0 saturated carbocycles. The van der Waals surface area contributed by atoms with Crippen molar-refractivity contribution in [3.05, 3.63) is 40.3 Å². The van der Waals surface area contributed by atoms with Gasteiger partial charge >= 0.3 is 0 Å². The van der Waals surface area contributed by atoms with Crippen LogP contribution in [-0.4, -0.2) is 16.2 Å². The third-order valence-corrected chi connectivity index (χ3v) is 3.03. The van der Waals surface area contributed by atoms with E-state index in [-0.39, 0.29) is 5.69 Å². The van der Waals surface area contributed by atoms with E-state index in [2.05, 4.69) is 15.3 Å². The van der Waals surface area contributed by atoms with Gasteiger partial charge in [-0.2, -0.15) is 0 Å². The van der Waals surface area contributed by atoms with Gasteiger partial charge in [-0.15, -0.1) is 0 Å². The first-order valence-electron chi connectivity index (χ1n) is 4.89. The first-order valence-corrected chi connectivity index (χ1v) is 6.87. The Balaban J connectivity index is 2.30. The summed E-state index contributed by atoms with van der Waals surface area (Å²) in [6.45, 7) is 0. The molecule has 1 aromatic carbocycles. The molecular formula is C11H8Cl2FN3S. The Morgan fingerprint density at radius 1 is 1.22 bits per heavy atom. The second kappa shape index (κ2) is 5.73. The molecule has 0 spiro atoms. The first-order chi connectivity index (χ1) is 8.58. The van der Waals surface area contributed by atoms with E-state index in [4.69, 9.17) is 23.2 Å². The van der Waals surface area contributed by atoms with Crippen LogP contribution in [0.1, 0.15) is 0 Å². The zero-order valence-electron chi connectivity index (χ0n) is 9.25. The smallest absolute Gasteiger partial charge is 0.190 e. The summed E-state index contributed by atoms with van der Waals surface area (Å²) >= 11 is 12.9. The van der Waals surface area contributed by atoms with E-state index in [1.54, 1.807) is 6.07 Å². The molecular weight excluding hydrogens is 296 g/mol. The minimum Gasteiger partial charge on any atom is -0.338 e. The molecule has 0 aliphatic carbocycles. The summed E-state index contributed by atoms with van der Waals surface area (Å²) in [7, 11) is 0. The Kier molecular flexibility index (Phi) is 4.27. The lowest BCUT2D eigenvalue weighted by Gasteiger charge is -2.08. The van der Waals surface area contributed by atoms with Gasteiger partial charge in [0.25, 0.3) is 0 Å². The lowest BCUT2D eigenvalue weighted by Crippen LogP contribution is -1.98. The van der Waals surface area contributed by atoms with Crippen molar-refractivity contribution in [1.82, 2.24) is 9.97 Å². The van der Waals surface area contributed by atoms with Crippen molar-refractivity contribution in [1.29, 1.82) is 0 Å². The number of hydrogen-bond donors (Lipinski definition) is 1. The second-order valence-corrected chi connectivity index (χ2v) is 4.91. The Morgan fingerprint density at radius 3 is 2.67 bits per heavy atom. The summed E-state index contributed by atoms with van der Waals surface area (Å²) < 4.78 is 13.6. The number of thioether (sulfide) groups is 1. The molecule has 2 rings (SSSR count). The molecule has 18 heavy (non-hydrogen) atoms. The van der Waals surface area contributed by atoms with E-state index >= 15 is 0 Å². The zero-order chi connectivity index (χ0) is 13.1. The van der Waals surface area contributed by atoms with E-state index in [1.165, 1.54) is 30.0 Å². The Morgan fingerprint density at radius 2 is 2.00 bits per heavy atom. The quantitative estimate of drug-likeness (QED) is 0.518. The maximum atomic E-state index is 13.6. The highest BCUT2D eigenvalue weighted by atomic mass is 35.5. The highest BCUT2D eigenvalue weighted by Gasteiger charge is 2.06. The predicted octanol–water partition coefficient (Wildman–Crippen LogP) is 4.39. The molecule has 7 heteroatoms. The normalized spacial score (nSPS) is 10.4. The fourth-order valence-corrected chi connectivity index (χ4v) is 2.05. The molecule has 1 N–H and O–H groups in total. The number of nitrogens with one attached hydrogen (secondary N) is 1. The van der Waals surface area contributed by atoms with Gasteiger partial charge in [-0.1, -0.05) is 35.0 Å². The van der Waals surface area contributed by atoms with Gasteiger partial charge in [0.15, 0.2) is 5.16 Å². The van der Waals surface area contributed by atoms with Crippen molar-refractivity contribution in [2.75, 3.05) is 11.6 Å². The van der Waals surface area contributed by atoms with Gasteiger partial charge in [0, 0.05) is 11.1 Å². The van der Waals surface area contributed by atoms with Crippen LogP contribution >= 0.6 is 35.0 Å². The SMILES string of the molecule is CSc1nc(Cl)cc(Nc2ccc(Cl)cc2F)n1. The number of hydrogen-bond acceptors (Lipinski definition) is 4. The fourth-order valence-electron chi connectivity index (χ4n) is 1.28. The Bertz CT molecular complexity index is 580. The van der Waals surface area contributed by atoms with Crippen LogP contribution in [-0.2, 0) is 0 Å². The molecule has 1 aromatic heterocycles. The van der Waals surface area contributed by atoms with Crippen LogP contribution in [0.25, 0.3) is 0 Å². The van der Waals surface area contributed by atoms with Crippen LogP contribution in [0.15, 0.2) is 29.4 Å². The molecule has 0 fully saturated rings. The first kappa shape index (κ1) is 13.4. The van der Waals surface area contributed by atoms with Crippen molar-refractivity contribution in [3.8, 4) is 0 Å². The molecule has 0 radical (unpaired) electrons. The minimum atomic E-state index is -0.456. The predicted molar refractivity (Wildman–Crippen MR) is 73.5 cm³/mol. The Labute approximate surface area is 118 Å². The fraction of sp³-hybridized carbons (Fsp3) is 0.0909. The van der Waals surface area contributed by atoms with Crippen LogP contribution in [0.4, 0.5) is 15.9 Å². The molecule has 0 atom stereocenters. The van der Waals surface area contributed by atoms with Crippen molar-refractivity contribution in [2.24, 2.45) is 0 Å². The maximum absolute atomic E-state index is 13.6. The topological polar surface area (TPSA) is 37.8 Å². The molecule has 0 bridgehead atoms. The van der Waals surface area contributed by atoms with Crippen molar-refractivity contribution in [3.63, 3.8) is 0 Å². The molecule has 1 heterocycles. The van der Waals surface area contributed by atoms with Gasteiger partial charge in [-0.05, 0) is 24.5 Å². The average Bonchev–Trinajstić information content (AvgIpc) is 2.32. The summed E-state index contributed by atoms with van der Waals surface area (Å²) in [4.78, 5) is 8.16. The van der Waals surface area contributed by atoms with Crippen molar-refractivity contribution in [2.45, 2.75) is 5.16 Å². The number of nitrogens with zero attached hydrogens (tertiary/aromatic N) is 2. The van der Waals surface area contributed by atoms with Crippen molar-refractivity contribution >= 4 is 46.5 Å². The maximum Gasteiger partial charge on any atom is 0.190 e. The molecule has 0 aliphatic heterocycles. The number of aromatic nitrogens is 2. The average molecular weight is 304 g/mol. The number of benzene rings is 1. The largest absolute Gasteiger partial charge is 0.338 e. The summed E-state index contributed by atoms with van der Waals surface area (Å²) in [6, 6.07) is 5.87. The lowest BCUT2D eigenvalue weighted by molar-refractivity contribution is 0.632. The number of anilines is 2. The Hall–Kier alpha value is -1.04. The van der Waals surface area contributed by atoms with E-state index in [0.717, 1.165) is 0 Å². The monoisotopic (exact) mass is 303 g/mol. The summed E-state index contributed by atoms with van der Waals surface area (Å²) in [5, 5.41) is 3.98. The highest BCUT2D eigenvalue weighted by molar-refractivity contribution is 7.98. The van der Waals surface area contributed by atoms with Gasteiger partial charge in [0.1, 0.15) is 16.8 Å². The lowest BCUT2D eigenvalue weighted by atomic mass is 10.3. The van der Waals surface area contributed by atoms with E-state index in [9.17, 15) is 4.39 Å². The molecule has 0 amide bonds. The molecule has 3 nitrogen and oxygen atoms in total. The minimum absolute atomic E-state index is 0.279. The van der Waals surface area contributed by atoms with Gasteiger partial charge in [0.2, 0.25) is 0 Å². The molecule has 94 valence electrons. The molecule has 2 aromatic rings. The van der Waals surface area contributed by atoms with Crippen LogP contribution in [0.5, 0.6) is 0 Å². The molecule has 0 unspecified atom stereocenters. The zero-order valence-corrected chi connectivity index (χ0v) is 11.6. The summed E-state index contributed by atoms with van der Waals surface area (Å²) in [5.74, 6) is -0.0245. The van der Waals surface area contributed by atoms with Gasteiger partial charge in [0.05, 0.1) is 5.69 Å². The third kappa shape index (κ3) is 3.25. The van der Waals surface area contributed by atoms with Crippen LogP contribution in [0.3, 0.4) is 0 Å².